The monoisotopic (exact) mass is 288 g/mol. The van der Waals surface area contributed by atoms with Gasteiger partial charge in [0.15, 0.2) is 0 Å². The van der Waals surface area contributed by atoms with E-state index in [2.05, 4.69) is 4.98 Å². The third-order valence-corrected chi connectivity index (χ3v) is 3.07. The average Bonchev–Trinajstić information content (AvgIpc) is 3.00. The highest BCUT2D eigenvalue weighted by Crippen LogP contribution is 2.30. The molecule has 0 amide bonds. The fourth-order valence-electron chi connectivity index (χ4n) is 1.97. The number of nitrogens with zero attached hydrogens (tertiary/aromatic N) is 1. The zero-order valence-corrected chi connectivity index (χ0v) is 12.6. The van der Waals surface area contributed by atoms with Crippen LogP contribution in [0.2, 0.25) is 0 Å². The Morgan fingerprint density at radius 2 is 1.95 bits per heavy atom. The molecule has 0 aliphatic rings. The van der Waals surface area contributed by atoms with Crippen molar-refractivity contribution in [2.24, 2.45) is 0 Å². The maximum Gasteiger partial charge on any atom is 0.216 e. The Labute approximate surface area is 124 Å². The zero-order valence-electron chi connectivity index (χ0n) is 12.6. The Kier molecular flexibility index (Phi) is 5.00. The number of carbonyl (C=O) groups is 1. The summed E-state index contributed by atoms with van der Waals surface area (Å²) in [6.07, 6.45) is 1.72. The van der Waals surface area contributed by atoms with Crippen molar-refractivity contribution in [2.75, 3.05) is 34.4 Å². The Morgan fingerprint density at radius 1 is 1.19 bits per heavy atom. The summed E-state index contributed by atoms with van der Waals surface area (Å²) in [7, 11) is 5.49. The van der Waals surface area contributed by atoms with Gasteiger partial charge in [0, 0.05) is 12.7 Å². The second-order valence-corrected chi connectivity index (χ2v) is 4.90. The minimum Gasteiger partial charge on any atom is -0.496 e. The van der Waals surface area contributed by atoms with Gasteiger partial charge in [-0.15, -0.1) is 0 Å². The first-order valence-electron chi connectivity index (χ1n) is 6.76. The van der Waals surface area contributed by atoms with Crippen molar-refractivity contribution in [2.45, 2.75) is 0 Å². The first-order valence-corrected chi connectivity index (χ1v) is 6.76. The SMILES string of the molecule is COc1cccc(OCCN(C)C)c1C(=O)c1ccc[nH]1. The van der Waals surface area contributed by atoms with E-state index >= 15 is 0 Å². The molecule has 0 fully saturated rings. The van der Waals surface area contributed by atoms with Crippen molar-refractivity contribution < 1.29 is 14.3 Å². The summed E-state index contributed by atoms with van der Waals surface area (Å²) < 4.78 is 11.1. The quantitative estimate of drug-likeness (QED) is 0.794. The number of ether oxygens (including phenoxy) is 2. The molecule has 112 valence electrons. The van der Waals surface area contributed by atoms with E-state index in [9.17, 15) is 4.79 Å². The normalized spacial score (nSPS) is 10.7. The number of hydrogen-bond donors (Lipinski definition) is 1. The van der Waals surface area contributed by atoms with Gasteiger partial charge in [0.1, 0.15) is 23.7 Å². The molecule has 21 heavy (non-hydrogen) atoms. The number of carbonyl (C=O) groups excluding carboxylic acids is 1. The molecular weight excluding hydrogens is 268 g/mol. The minimum absolute atomic E-state index is 0.141. The van der Waals surface area contributed by atoms with Crippen LogP contribution in [0.3, 0.4) is 0 Å². The van der Waals surface area contributed by atoms with Crippen molar-refractivity contribution in [3.63, 3.8) is 0 Å². The molecule has 0 unspecified atom stereocenters. The highest BCUT2D eigenvalue weighted by Gasteiger charge is 2.20. The molecule has 2 rings (SSSR count). The Balaban J connectivity index is 2.30. The smallest absolute Gasteiger partial charge is 0.216 e. The number of methoxy groups -OCH3 is 1. The summed E-state index contributed by atoms with van der Waals surface area (Å²) in [6, 6.07) is 8.88. The molecule has 2 aromatic rings. The van der Waals surface area contributed by atoms with Crippen LogP contribution in [0.5, 0.6) is 11.5 Å². The summed E-state index contributed by atoms with van der Waals surface area (Å²) in [5.41, 5.74) is 0.957. The van der Waals surface area contributed by atoms with Crippen LogP contribution in [0.4, 0.5) is 0 Å². The van der Waals surface area contributed by atoms with E-state index in [4.69, 9.17) is 9.47 Å². The van der Waals surface area contributed by atoms with Gasteiger partial charge in [0.05, 0.1) is 12.8 Å². The Bertz CT molecular complexity index is 592. The summed E-state index contributed by atoms with van der Waals surface area (Å²) in [4.78, 5) is 17.5. The number of aromatic nitrogens is 1. The summed E-state index contributed by atoms with van der Waals surface area (Å²) >= 11 is 0. The second-order valence-electron chi connectivity index (χ2n) is 4.90. The molecule has 0 bridgehead atoms. The van der Waals surface area contributed by atoms with Gasteiger partial charge in [0.25, 0.3) is 0 Å². The number of H-pyrrole nitrogens is 1. The largest absolute Gasteiger partial charge is 0.496 e. The molecule has 0 atom stereocenters. The van der Waals surface area contributed by atoms with Gasteiger partial charge >= 0.3 is 0 Å². The van der Waals surface area contributed by atoms with E-state index in [1.165, 1.54) is 0 Å². The Morgan fingerprint density at radius 3 is 2.57 bits per heavy atom. The minimum atomic E-state index is -0.141. The van der Waals surface area contributed by atoms with Crippen molar-refractivity contribution in [1.82, 2.24) is 9.88 Å². The van der Waals surface area contributed by atoms with Crippen LogP contribution in [-0.2, 0) is 0 Å². The molecule has 0 aliphatic heterocycles. The summed E-state index contributed by atoms with van der Waals surface area (Å²) in [5, 5.41) is 0. The first kappa shape index (κ1) is 15.1. The maximum atomic E-state index is 12.6. The molecule has 0 radical (unpaired) electrons. The number of aromatic amines is 1. The maximum absolute atomic E-state index is 12.6. The van der Waals surface area contributed by atoms with Gasteiger partial charge < -0.3 is 19.4 Å². The predicted molar refractivity (Wildman–Crippen MR) is 81.3 cm³/mol. The summed E-state index contributed by atoms with van der Waals surface area (Å²) in [5.74, 6) is 0.907. The average molecular weight is 288 g/mol. The molecule has 1 aromatic heterocycles. The standard InChI is InChI=1S/C16H20N2O3/c1-18(2)10-11-21-14-8-4-7-13(20-3)15(14)16(19)12-6-5-9-17-12/h4-9,17H,10-11H2,1-3H3. The van der Waals surface area contributed by atoms with Gasteiger partial charge in [-0.25, -0.2) is 0 Å². The van der Waals surface area contributed by atoms with Crippen LogP contribution in [0.25, 0.3) is 0 Å². The topological polar surface area (TPSA) is 54.6 Å². The van der Waals surface area contributed by atoms with E-state index in [1.54, 1.807) is 37.6 Å². The fraction of sp³-hybridized carbons (Fsp3) is 0.312. The zero-order chi connectivity index (χ0) is 15.2. The van der Waals surface area contributed by atoms with Crippen LogP contribution in [0, 0.1) is 0 Å². The lowest BCUT2D eigenvalue weighted by molar-refractivity contribution is 0.102. The Hall–Kier alpha value is -2.27. The lowest BCUT2D eigenvalue weighted by Gasteiger charge is -2.15. The van der Waals surface area contributed by atoms with Crippen molar-refractivity contribution in [3.05, 3.63) is 47.8 Å². The third kappa shape index (κ3) is 3.64. The predicted octanol–water partition coefficient (Wildman–Crippen LogP) is 2.19. The van der Waals surface area contributed by atoms with E-state index in [-0.39, 0.29) is 5.78 Å². The van der Waals surface area contributed by atoms with E-state index in [0.717, 1.165) is 6.54 Å². The number of rotatable bonds is 7. The second kappa shape index (κ2) is 6.95. The van der Waals surface area contributed by atoms with Crippen molar-refractivity contribution in [3.8, 4) is 11.5 Å². The van der Waals surface area contributed by atoms with E-state index < -0.39 is 0 Å². The number of ketones is 1. The molecule has 0 spiro atoms. The van der Waals surface area contributed by atoms with Gasteiger partial charge in [-0.05, 0) is 38.4 Å². The lowest BCUT2D eigenvalue weighted by Crippen LogP contribution is -2.20. The van der Waals surface area contributed by atoms with Crippen molar-refractivity contribution in [1.29, 1.82) is 0 Å². The van der Waals surface area contributed by atoms with Crippen LogP contribution >= 0.6 is 0 Å². The number of likely N-dealkylation sites (N-methyl/N-ethyl adjacent to an activating group) is 1. The first-order chi connectivity index (χ1) is 10.1. The number of hydrogen-bond acceptors (Lipinski definition) is 4. The number of benzene rings is 1. The van der Waals surface area contributed by atoms with Crippen molar-refractivity contribution >= 4 is 5.78 Å². The molecular formula is C16H20N2O3. The molecule has 0 saturated carbocycles. The molecule has 1 N–H and O–H groups in total. The molecule has 0 aliphatic carbocycles. The fourth-order valence-corrected chi connectivity index (χ4v) is 1.97. The van der Waals surface area contributed by atoms with Crippen LogP contribution < -0.4 is 9.47 Å². The van der Waals surface area contributed by atoms with Crippen LogP contribution in [0.15, 0.2) is 36.5 Å². The molecule has 5 nitrogen and oxygen atoms in total. The molecule has 0 saturated heterocycles. The number of nitrogens with one attached hydrogen (secondary N) is 1. The third-order valence-electron chi connectivity index (χ3n) is 3.07. The van der Waals surface area contributed by atoms with Crippen LogP contribution in [0.1, 0.15) is 16.1 Å². The lowest BCUT2D eigenvalue weighted by atomic mass is 10.1. The highest BCUT2D eigenvalue weighted by molar-refractivity contribution is 6.11. The van der Waals surface area contributed by atoms with Gasteiger partial charge in [-0.3, -0.25) is 4.79 Å². The van der Waals surface area contributed by atoms with Gasteiger partial charge in [0.2, 0.25) is 5.78 Å². The summed E-state index contributed by atoms with van der Waals surface area (Å²) in [6.45, 7) is 1.28. The van der Waals surface area contributed by atoms with Gasteiger partial charge in [-0.1, -0.05) is 6.07 Å². The van der Waals surface area contributed by atoms with E-state index in [0.29, 0.717) is 29.4 Å². The molecule has 5 heteroatoms. The molecule has 1 heterocycles. The van der Waals surface area contributed by atoms with Gasteiger partial charge in [-0.2, -0.15) is 0 Å². The van der Waals surface area contributed by atoms with Crippen LogP contribution in [-0.4, -0.2) is 50.0 Å². The highest BCUT2D eigenvalue weighted by atomic mass is 16.5. The molecule has 1 aromatic carbocycles. The van der Waals surface area contributed by atoms with E-state index in [1.807, 2.05) is 25.1 Å².